The number of nitrogens with zero attached hydrogens (tertiary/aromatic N) is 4. The summed E-state index contributed by atoms with van der Waals surface area (Å²) < 4.78 is 3.40. The highest BCUT2D eigenvalue weighted by atomic mass is 16.3. The van der Waals surface area contributed by atoms with Crippen LogP contribution in [0.5, 0.6) is 5.75 Å². The van der Waals surface area contributed by atoms with Gasteiger partial charge in [-0.15, -0.1) is 0 Å². The Hall–Kier alpha value is -3.94. The van der Waals surface area contributed by atoms with Gasteiger partial charge in [-0.25, -0.2) is 14.8 Å². The van der Waals surface area contributed by atoms with Gasteiger partial charge in [0.05, 0.1) is 29.1 Å². The Morgan fingerprint density at radius 2 is 1.68 bits per heavy atom. The van der Waals surface area contributed by atoms with Crippen LogP contribution in [0.15, 0.2) is 65.7 Å². The van der Waals surface area contributed by atoms with Gasteiger partial charge in [0.2, 0.25) is 5.91 Å². The lowest BCUT2D eigenvalue weighted by atomic mass is 10.2. The molecule has 2 heterocycles. The first-order valence-electron chi connectivity index (χ1n) is 10.2. The van der Waals surface area contributed by atoms with Crippen molar-refractivity contribution in [3.05, 3.63) is 71.4 Å². The average molecular weight is 417 g/mol. The van der Waals surface area contributed by atoms with Crippen molar-refractivity contribution in [2.75, 3.05) is 5.32 Å². The Balaban J connectivity index is 1.44. The number of aromatic hydroxyl groups is 1. The molecule has 4 aromatic rings. The topological polar surface area (TPSA) is 102 Å². The van der Waals surface area contributed by atoms with Crippen molar-refractivity contribution in [2.45, 2.75) is 32.9 Å². The molecule has 8 heteroatoms. The summed E-state index contributed by atoms with van der Waals surface area (Å²) in [6.45, 7) is 2.95. The monoisotopic (exact) mass is 417 g/mol. The Morgan fingerprint density at radius 3 is 2.32 bits per heavy atom. The number of carbonyl (C=O) groups is 1. The van der Waals surface area contributed by atoms with Crippen molar-refractivity contribution >= 4 is 22.6 Å². The molecule has 0 fully saturated rings. The molecule has 0 unspecified atom stereocenters. The molecule has 2 aromatic heterocycles. The fourth-order valence-electron chi connectivity index (χ4n) is 3.55. The molecule has 0 saturated carbocycles. The summed E-state index contributed by atoms with van der Waals surface area (Å²) in [7, 11) is 0. The van der Waals surface area contributed by atoms with Crippen LogP contribution in [-0.4, -0.2) is 30.1 Å². The van der Waals surface area contributed by atoms with Gasteiger partial charge in [-0.3, -0.25) is 13.9 Å². The second kappa shape index (κ2) is 8.83. The summed E-state index contributed by atoms with van der Waals surface area (Å²) in [6.07, 6.45) is 4.04. The number of rotatable bonds is 7. The van der Waals surface area contributed by atoms with Crippen LogP contribution in [-0.2, 0) is 17.9 Å². The lowest BCUT2D eigenvalue weighted by molar-refractivity contribution is -0.116. The first-order chi connectivity index (χ1) is 15.1. The lowest BCUT2D eigenvalue weighted by Gasteiger charge is -2.07. The van der Waals surface area contributed by atoms with Gasteiger partial charge in [0.15, 0.2) is 5.82 Å². The maximum absolute atomic E-state index is 12.8. The lowest BCUT2D eigenvalue weighted by Crippen LogP contribution is -2.26. The average Bonchev–Trinajstić information content (AvgIpc) is 3.04. The van der Waals surface area contributed by atoms with E-state index in [1.807, 2.05) is 31.2 Å². The Kier molecular flexibility index (Phi) is 5.79. The number of benzene rings is 2. The predicted octanol–water partition coefficient (Wildman–Crippen LogP) is 3.40. The third-order valence-electron chi connectivity index (χ3n) is 4.97. The summed E-state index contributed by atoms with van der Waals surface area (Å²) in [4.78, 5) is 33.7. The molecule has 8 nitrogen and oxygen atoms in total. The van der Waals surface area contributed by atoms with E-state index < -0.39 is 0 Å². The van der Waals surface area contributed by atoms with Crippen molar-refractivity contribution in [3.63, 3.8) is 0 Å². The van der Waals surface area contributed by atoms with Crippen LogP contribution in [0.1, 0.15) is 19.8 Å². The molecule has 158 valence electrons. The van der Waals surface area contributed by atoms with Gasteiger partial charge in [-0.1, -0.05) is 31.2 Å². The van der Waals surface area contributed by atoms with Crippen LogP contribution < -0.4 is 11.0 Å². The fourth-order valence-corrected chi connectivity index (χ4v) is 3.55. The number of hydrogen-bond acceptors (Lipinski definition) is 5. The quantitative estimate of drug-likeness (QED) is 0.480. The second-order valence-corrected chi connectivity index (χ2v) is 7.22. The van der Waals surface area contributed by atoms with Crippen LogP contribution in [0.25, 0.3) is 22.4 Å². The predicted molar refractivity (Wildman–Crippen MR) is 119 cm³/mol. The molecule has 0 spiro atoms. The number of nitrogens with one attached hydrogen (secondary N) is 1. The van der Waals surface area contributed by atoms with Crippen LogP contribution in [0, 0.1) is 0 Å². The number of phenols is 1. The zero-order valence-electron chi connectivity index (χ0n) is 17.2. The molecular weight excluding hydrogens is 394 g/mol. The van der Waals surface area contributed by atoms with Crippen molar-refractivity contribution < 1.29 is 9.90 Å². The number of amides is 1. The summed E-state index contributed by atoms with van der Waals surface area (Å²) >= 11 is 0. The number of phenolic OH excluding ortho intramolecular Hbond substituents is 1. The molecular formula is C23H23N5O3. The summed E-state index contributed by atoms with van der Waals surface area (Å²) in [5.74, 6) is 0.353. The standard InChI is InChI=1S/C23H23N5O3/c1-2-11-27-19-8-3-4-9-20(19)28(23(27)31)12-10-21(30)26-17-14-24-22(25-15-17)16-6-5-7-18(29)13-16/h3-9,13-15,29H,2,10-12H2,1H3,(H,26,30). The van der Waals surface area contributed by atoms with Gasteiger partial charge >= 0.3 is 5.69 Å². The van der Waals surface area contributed by atoms with E-state index in [0.717, 1.165) is 17.5 Å². The molecule has 0 aliphatic rings. The first kappa shape index (κ1) is 20.3. The van der Waals surface area contributed by atoms with Crippen LogP contribution >= 0.6 is 0 Å². The zero-order chi connectivity index (χ0) is 21.8. The van der Waals surface area contributed by atoms with E-state index in [1.54, 1.807) is 33.4 Å². The van der Waals surface area contributed by atoms with Crippen molar-refractivity contribution in [3.8, 4) is 17.1 Å². The number of carbonyl (C=O) groups excluding carboxylic acids is 1. The molecule has 4 rings (SSSR count). The second-order valence-electron chi connectivity index (χ2n) is 7.22. The summed E-state index contributed by atoms with van der Waals surface area (Å²) in [5.41, 5.74) is 2.75. The van der Waals surface area contributed by atoms with Gasteiger partial charge in [0.1, 0.15) is 5.75 Å². The van der Waals surface area contributed by atoms with Gasteiger partial charge in [0, 0.05) is 25.1 Å². The fraction of sp³-hybridized carbons (Fsp3) is 0.217. The highest BCUT2D eigenvalue weighted by Gasteiger charge is 2.13. The van der Waals surface area contributed by atoms with Crippen LogP contribution in [0.3, 0.4) is 0 Å². The number of imidazole rings is 1. The number of fused-ring (bicyclic) bond motifs is 1. The van der Waals surface area contributed by atoms with E-state index in [1.165, 1.54) is 12.4 Å². The van der Waals surface area contributed by atoms with Gasteiger partial charge in [0.25, 0.3) is 0 Å². The molecule has 0 saturated heterocycles. The van der Waals surface area contributed by atoms with E-state index in [9.17, 15) is 14.7 Å². The van der Waals surface area contributed by atoms with Gasteiger partial charge in [-0.2, -0.15) is 0 Å². The SMILES string of the molecule is CCCn1c(=O)n(CCC(=O)Nc2cnc(-c3cccc(O)c3)nc2)c2ccccc21. The number of aryl methyl sites for hydroxylation is 2. The zero-order valence-corrected chi connectivity index (χ0v) is 17.2. The number of para-hydroxylation sites is 2. The molecule has 0 aliphatic carbocycles. The third kappa shape index (κ3) is 4.32. The largest absolute Gasteiger partial charge is 0.508 e. The highest BCUT2D eigenvalue weighted by molar-refractivity contribution is 5.90. The normalized spacial score (nSPS) is 11.0. The van der Waals surface area contributed by atoms with Crippen molar-refractivity contribution in [2.24, 2.45) is 0 Å². The molecule has 2 aromatic carbocycles. The number of aromatic nitrogens is 4. The van der Waals surface area contributed by atoms with Gasteiger partial charge < -0.3 is 10.4 Å². The Morgan fingerprint density at radius 1 is 1.00 bits per heavy atom. The molecule has 2 N–H and O–H groups in total. The molecule has 0 atom stereocenters. The minimum Gasteiger partial charge on any atom is -0.508 e. The smallest absolute Gasteiger partial charge is 0.329 e. The maximum atomic E-state index is 12.8. The van der Waals surface area contributed by atoms with E-state index in [4.69, 9.17) is 0 Å². The van der Waals surface area contributed by atoms with Crippen molar-refractivity contribution in [1.82, 2.24) is 19.1 Å². The highest BCUT2D eigenvalue weighted by Crippen LogP contribution is 2.20. The minimum atomic E-state index is -0.229. The minimum absolute atomic E-state index is 0.102. The molecule has 0 bridgehead atoms. The van der Waals surface area contributed by atoms with E-state index >= 15 is 0 Å². The van der Waals surface area contributed by atoms with Crippen LogP contribution in [0.2, 0.25) is 0 Å². The Bertz CT molecular complexity index is 1270. The van der Waals surface area contributed by atoms with E-state index in [2.05, 4.69) is 15.3 Å². The van der Waals surface area contributed by atoms with Gasteiger partial charge in [-0.05, 0) is 30.7 Å². The van der Waals surface area contributed by atoms with E-state index in [0.29, 0.717) is 23.6 Å². The Labute approximate surface area is 178 Å². The number of anilines is 1. The molecule has 1 amide bonds. The summed E-state index contributed by atoms with van der Waals surface area (Å²) in [5, 5.41) is 12.3. The third-order valence-corrected chi connectivity index (χ3v) is 4.97. The number of hydrogen-bond donors (Lipinski definition) is 2. The molecule has 0 radical (unpaired) electrons. The van der Waals surface area contributed by atoms with Crippen molar-refractivity contribution in [1.29, 1.82) is 0 Å². The first-order valence-corrected chi connectivity index (χ1v) is 10.2. The van der Waals surface area contributed by atoms with E-state index in [-0.39, 0.29) is 30.3 Å². The van der Waals surface area contributed by atoms with Crippen LogP contribution in [0.4, 0.5) is 5.69 Å². The summed E-state index contributed by atoms with van der Waals surface area (Å²) in [6, 6.07) is 14.3. The maximum Gasteiger partial charge on any atom is 0.329 e. The molecule has 0 aliphatic heterocycles. The molecule has 31 heavy (non-hydrogen) atoms.